The van der Waals surface area contributed by atoms with Gasteiger partial charge >= 0.3 is 5.97 Å². The van der Waals surface area contributed by atoms with E-state index in [0.29, 0.717) is 25.7 Å². The fraction of sp³-hybridized carbons (Fsp3) is 0.667. The second-order valence-corrected chi connectivity index (χ2v) is 6.94. The molecule has 1 fully saturated rings. The topological polar surface area (TPSA) is 98.4 Å². The predicted molar refractivity (Wildman–Crippen MR) is 100 cm³/mol. The molecule has 1 saturated carbocycles. The number of aliphatic hydroxyl groups excluding tert-OH is 1. The van der Waals surface area contributed by atoms with Crippen LogP contribution in [-0.2, 0) is 9.59 Å². The first-order chi connectivity index (χ1) is 12.6. The molecule has 0 aromatic heterocycles. The van der Waals surface area contributed by atoms with E-state index in [9.17, 15) is 14.9 Å². The third kappa shape index (κ3) is 8.44. The Morgan fingerprint density at radius 3 is 2.54 bits per heavy atom. The molecule has 5 heteroatoms. The van der Waals surface area contributed by atoms with Gasteiger partial charge in [0.1, 0.15) is 5.78 Å². The summed E-state index contributed by atoms with van der Waals surface area (Å²) in [5, 5.41) is 26.7. The highest BCUT2D eigenvalue weighted by Crippen LogP contribution is 2.37. The number of rotatable bonds is 13. The van der Waals surface area contributed by atoms with Gasteiger partial charge in [0, 0.05) is 31.3 Å². The number of aliphatic hydroxyl groups is 1. The number of aliphatic carboxylic acids is 1. The fourth-order valence-corrected chi connectivity index (χ4v) is 3.40. The van der Waals surface area contributed by atoms with Crippen LogP contribution in [0.15, 0.2) is 24.3 Å². The van der Waals surface area contributed by atoms with Crippen molar-refractivity contribution < 1.29 is 19.8 Å². The lowest BCUT2D eigenvalue weighted by Gasteiger charge is -2.15. The van der Waals surface area contributed by atoms with Crippen molar-refractivity contribution >= 4 is 11.8 Å². The van der Waals surface area contributed by atoms with E-state index < -0.39 is 5.97 Å². The molecule has 5 nitrogen and oxygen atoms in total. The average Bonchev–Trinajstić information content (AvgIpc) is 2.92. The maximum absolute atomic E-state index is 12.3. The van der Waals surface area contributed by atoms with Crippen molar-refractivity contribution in [1.29, 1.82) is 5.26 Å². The van der Waals surface area contributed by atoms with E-state index in [4.69, 9.17) is 10.2 Å². The summed E-state index contributed by atoms with van der Waals surface area (Å²) in [6.07, 6.45) is 15.4. The number of Topliss-reactive ketones (excluding diaryl/α,β-unsaturated/α-hetero) is 1. The van der Waals surface area contributed by atoms with Gasteiger partial charge < -0.3 is 10.2 Å². The Balaban J connectivity index is 2.45. The molecule has 0 heterocycles. The van der Waals surface area contributed by atoms with Crippen molar-refractivity contribution in [3.05, 3.63) is 24.3 Å². The molecule has 2 unspecified atom stereocenters. The van der Waals surface area contributed by atoms with Gasteiger partial charge in [0.2, 0.25) is 0 Å². The fourth-order valence-electron chi connectivity index (χ4n) is 3.40. The molecule has 0 radical (unpaired) electrons. The van der Waals surface area contributed by atoms with Gasteiger partial charge in [-0.1, -0.05) is 37.1 Å². The van der Waals surface area contributed by atoms with E-state index in [2.05, 4.69) is 12.1 Å². The standard InChI is InChI=1S/C21H31NO4/c22-16-17-15-20(24)19(12-8-4-5-9-13-21(25)26)18(17)11-7-3-1-2-6-10-14-23/h4,7-8,11,17-19,23H,1-3,5-6,9-10,12-15H2,(H,25,26)/t17-,18?,19?/m0/s1. The maximum atomic E-state index is 12.3. The first-order valence-corrected chi connectivity index (χ1v) is 9.66. The van der Waals surface area contributed by atoms with Crippen LogP contribution in [0.25, 0.3) is 0 Å². The number of unbranched alkanes of at least 4 members (excludes halogenated alkanes) is 5. The minimum atomic E-state index is -0.789. The van der Waals surface area contributed by atoms with Gasteiger partial charge in [-0.05, 0) is 38.5 Å². The van der Waals surface area contributed by atoms with Gasteiger partial charge in [0.25, 0.3) is 0 Å². The van der Waals surface area contributed by atoms with Gasteiger partial charge in [-0.25, -0.2) is 0 Å². The van der Waals surface area contributed by atoms with Crippen molar-refractivity contribution in [3.8, 4) is 6.07 Å². The molecule has 0 aromatic rings. The number of nitriles is 1. The minimum Gasteiger partial charge on any atom is -0.481 e. The Labute approximate surface area is 156 Å². The molecule has 0 bridgehead atoms. The van der Waals surface area contributed by atoms with Gasteiger partial charge in [-0.3, -0.25) is 9.59 Å². The van der Waals surface area contributed by atoms with Crippen molar-refractivity contribution in [1.82, 2.24) is 0 Å². The summed E-state index contributed by atoms with van der Waals surface area (Å²) >= 11 is 0. The van der Waals surface area contributed by atoms with Crippen molar-refractivity contribution in [2.45, 2.75) is 64.2 Å². The second kappa shape index (κ2) is 13.3. The van der Waals surface area contributed by atoms with Gasteiger partial charge in [-0.2, -0.15) is 5.26 Å². The highest BCUT2D eigenvalue weighted by molar-refractivity contribution is 5.85. The molecular weight excluding hydrogens is 330 g/mol. The third-order valence-corrected chi connectivity index (χ3v) is 4.89. The highest BCUT2D eigenvalue weighted by atomic mass is 16.4. The maximum Gasteiger partial charge on any atom is 0.303 e. The second-order valence-electron chi connectivity index (χ2n) is 6.94. The quantitative estimate of drug-likeness (QED) is 0.381. The molecule has 2 N–H and O–H groups in total. The van der Waals surface area contributed by atoms with E-state index in [1.165, 1.54) is 0 Å². The largest absolute Gasteiger partial charge is 0.481 e. The number of carboxylic acid groups (broad SMARTS) is 1. The van der Waals surface area contributed by atoms with Crippen LogP contribution in [0.3, 0.4) is 0 Å². The zero-order valence-corrected chi connectivity index (χ0v) is 15.5. The number of hydrogen-bond donors (Lipinski definition) is 2. The van der Waals surface area contributed by atoms with Crippen LogP contribution in [0.2, 0.25) is 0 Å². The molecule has 0 saturated heterocycles. The van der Waals surface area contributed by atoms with E-state index in [1.54, 1.807) is 0 Å². The van der Waals surface area contributed by atoms with E-state index in [-0.39, 0.29) is 36.6 Å². The lowest BCUT2D eigenvalue weighted by molar-refractivity contribution is -0.137. The predicted octanol–water partition coefficient (Wildman–Crippen LogP) is 4.03. The summed E-state index contributed by atoms with van der Waals surface area (Å²) in [6, 6.07) is 2.28. The number of hydrogen-bond acceptors (Lipinski definition) is 4. The monoisotopic (exact) mass is 361 g/mol. The Morgan fingerprint density at radius 2 is 1.85 bits per heavy atom. The van der Waals surface area contributed by atoms with Gasteiger partial charge in [0.05, 0.1) is 12.0 Å². The number of carbonyl (C=O) groups is 2. The third-order valence-electron chi connectivity index (χ3n) is 4.89. The molecular formula is C21H31NO4. The zero-order chi connectivity index (χ0) is 19.2. The van der Waals surface area contributed by atoms with Crippen LogP contribution >= 0.6 is 0 Å². The SMILES string of the molecule is N#C[C@@H]1CC(=O)C(CC=CCCCC(=O)O)C1C=CCCCCCCO. The molecule has 26 heavy (non-hydrogen) atoms. The summed E-state index contributed by atoms with van der Waals surface area (Å²) in [7, 11) is 0. The molecule has 0 amide bonds. The Bertz CT molecular complexity index is 533. The summed E-state index contributed by atoms with van der Waals surface area (Å²) in [4.78, 5) is 22.7. The van der Waals surface area contributed by atoms with Gasteiger partial charge in [-0.15, -0.1) is 0 Å². The lowest BCUT2D eigenvalue weighted by atomic mass is 9.87. The highest BCUT2D eigenvalue weighted by Gasteiger charge is 2.40. The number of carbonyl (C=O) groups excluding carboxylic acids is 1. The minimum absolute atomic E-state index is 0.0198. The zero-order valence-electron chi connectivity index (χ0n) is 15.5. The van der Waals surface area contributed by atoms with Crippen LogP contribution in [0.1, 0.15) is 64.2 Å². The van der Waals surface area contributed by atoms with Crippen LogP contribution in [0.4, 0.5) is 0 Å². The van der Waals surface area contributed by atoms with Crippen molar-refractivity contribution in [3.63, 3.8) is 0 Å². The normalized spacial score (nSPS) is 23.1. The molecule has 1 aliphatic carbocycles. The molecule has 3 atom stereocenters. The number of allylic oxidation sites excluding steroid dienone is 4. The number of nitrogens with zero attached hydrogens (tertiary/aromatic N) is 1. The lowest BCUT2D eigenvalue weighted by Crippen LogP contribution is -2.14. The summed E-state index contributed by atoms with van der Waals surface area (Å²) in [6.45, 7) is 0.245. The van der Waals surface area contributed by atoms with Crippen LogP contribution in [-0.4, -0.2) is 28.6 Å². The molecule has 1 aliphatic rings. The number of ketones is 1. The number of carboxylic acids is 1. The molecule has 0 spiro atoms. The van der Waals surface area contributed by atoms with E-state index in [1.807, 2.05) is 18.2 Å². The van der Waals surface area contributed by atoms with Crippen molar-refractivity contribution in [2.75, 3.05) is 6.61 Å². The first kappa shape index (κ1) is 22.1. The first-order valence-electron chi connectivity index (χ1n) is 9.66. The van der Waals surface area contributed by atoms with Gasteiger partial charge in [0.15, 0.2) is 0 Å². The Hall–Kier alpha value is -1.93. The average molecular weight is 361 g/mol. The van der Waals surface area contributed by atoms with Crippen molar-refractivity contribution in [2.24, 2.45) is 17.8 Å². The van der Waals surface area contributed by atoms with Crippen LogP contribution in [0.5, 0.6) is 0 Å². The summed E-state index contributed by atoms with van der Waals surface area (Å²) in [5.74, 6) is -1.03. The molecule has 1 rings (SSSR count). The Kier molecular flexibility index (Phi) is 11.3. The van der Waals surface area contributed by atoms with E-state index in [0.717, 1.165) is 32.1 Å². The van der Waals surface area contributed by atoms with E-state index >= 15 is 0 Å². The smallest absolute Gasteiger partial charge is 0.303 e. The Morgan fingerprint density at radius 1 is 1.12 bits per heavy atom. The van der Waals surface area contributed by atoms with Crippen LogP contribution in [0, 0.1) is 29.1 Å². The van der Waals surface area contributed by atoms with Crippen LogP contribution < -0.4 is 0 Å². The molecule has 0 aliphatic heterocycles. The molecule has 0 aromatic carbocycles. The summed E-state index contributed by atoms with van der Waals surface area (Å²) < 4.78 is 0. The molecule has 144 valence electrons. The summed E-state index contributed by atoms with van der Waals surface area (Å²) in [5.41, 5.74) is 0.